The van der Waals surface area contributed by atoms with Gasteiger partial charge >= 0.3 is 5.97 Å². The van der Waals surface area contributed by atoms with Crippen LogP contribution >= 0.6 is 0 Å². The largest absolute Gasteiger partial charge is 0.481 e. The predicted octanol–water partition coefficient (Wildman–Crippen LogP) is 2.61. The quantitative estimate of drug-likeness (QED) is 0.381. The summed E-state index contributed by atoms with van der Waals surface area (Å²) in [5.74, 6) is -1.61. The van der Waals surface area contributed by atoms with E-state index in [4.69, 9.17) is 9.22 Å². The molecule has 0 rings (SSSR count). The molecule has 1 atom stereocenters. The van der Waals surface area contributed by atoms with Crippen LogP contribution < -0.4 is 0 Å². The minimum atomic E-state index is -2.82. The molecule has 0 aromatic rings. The van der Waals surface area contributed by atoms with Crippen molar-refractivity contribution in [1.29, 1.82) is 0 Å². The van der Waals surface area contributed by atoms with E-state index in [1.165, 1.54) is 33.4 Å². The zero-order chi connectivity index (χ0) is 19.7. The molecule has 0 aliphatic rings. The van der Waals surface area contributed by atoms with Crippen LogP contribution in [-0.2, 0) is 9.59 Å². The van der Waals surface area contributed by atoms with Crippen LogP contribution in [0, 0.1) is 0 Å². The fourth-order valence-corrected chi connectivity index (χ4v) is 2.37. The lowest BCUT2D eigenvalue weighted by atomic mass is 10.1. The first kappa shape index (κ1) is 15.9. The number of aliphatic hydroxyl groups is 1. The highest BCUT2D eigenvalue weighted by Crippen LogP contribution is 2.10. The molecule has 2 N–H and O–H groups in total. The van der Waals surface area contributed by atoms with Crippen molar-refractivity contribution in [3.05, 3.63) is 0 Å². The summed E-state index contributed by atoms with van der Waals surface area (Å²) in [6, 6.07) is 0. The highest BCUT2D eigenvalue weighted by molar-refractivity contribution is 5.79. The molecule has 0 amide bonds. The first-order chi connectivity index (χ1) is 11.4. The summed E-state index contributed by atoms with van der Waals surface area (Å²) in [7, 11) is 2.79. The Morgan fingerprint density at radius 2 is 1.68 bits per heavy atom. The maximum absolute atomic E-state index is 12.1. The molecule has 0 saturated carbocycles. The smallest absolute Gasteiger partial charge is 0.306 e. The summed E-state index contributed by atoms with van der Waals surface area (Å²) in [6.45, 7) is -0.628. The van der Waals surface area contributed by atoms with Crippen LogP contribution in [0.15, 0.2) is 0 Å². The second-order valence-electron chi connectivity index (χ2n) is 6.38. The monoisotopic (exact) mass is 319 g/mol. The molecule has 0 aromatic heterocycles. The average molecular weight is 319 g/mol. The number of likely N-dealkylation sites (N-methyl/N-ethyl adjacent to an activating group) is 1. The van der Waals surface area contributed by atoms with Gasteiger partial charge in [0.2, 0.25) is 0 Å². The van der Waals surface area contributed by atoms with E-state index in [0.717, 1.165) is 25.7 Å². The number of carboxylic acid groups (broad SMARTS) is 1. The Hall–Kier alpha value is -0.940. The standard InChI is InChI=1S/C17H33NO4/c1-4-5-6-7-8-9-10-11-15(19)13-18(2,3)14-16(20)12-17(21)22/h16,20H,4-14H2,1-3H3/p+1/t16-/m1/s1/i14D2,16D. The number of carbonyl (C=O) groups is 2. The van der Waals surface area contributed by atoms with Crippen molar-refractivity contribution >= 4 is 11.8 Å². The Balaban J connectivity index is 4.48. The van der Waals surface area contributed by atoms with E-state index in [2.05, 4.69) is 6.92 Å². The van der Waals surface area contributed by atoms with Crippen molar-refractivity contribution in [3.8, 4) is 0 Å². The van der Waals surface area contributed by atoms with Crippen molar-refractivity contribution < 1.29 is 28.4 Å². The third-order valence-electron chi connectivity index (χ3n) is 3.38. The van der Waals surface area contributed by atoms with Crippen LogP contribution in [-0.4, -0.2) is 59.7 Å². The van der Waals surface area contributed by atoms with Gasteiger partial charge in [-0.1, -0.05) is 45.4 Å². The Morgan fingerprint density at radius 3 is 2.23 bits per heavy atom. The van der Waals surface area contributed by atoms with Crippen LogP contribution in [0.5, 0.6) is 0 Å². The fraction of sp³-hybridized carbons (Fsp3) is 0.882. The zero-order valence-corrected chi connectivity index (χ0v) is 14.2. The molecule has 0 fully saturated rings. The molecule has 5 nitrogen and oxygen atoms in total. The summed E-state index contributed by atoms with van der Waals surface area (Å²) in [4.78, 5) is 22.9. The molecule has 0 aromatic carbocycles. The second-order valence-corrected chi connectivity index (χ2v) is 6.38. The summed E-state index contributed by atoms with van der Waals surface area (Å²) in [5.41, 5.74) is 0. The van der Waals surface area contributed by atoms with Crippen molar-refractivity contribution in [2.75, 3.05) is 27.1 Å². The van der Waals surface area contributed by atoms with E-state index in [0.29, 0.717) is 6.42 Å². The van der Waals surface area contributed by atoms with Crippen molar-refractivity contribution in [2.45, 2.75) is 70.8 Å². The number of carboxylic acids is 1. The number of unbranched alkanes of at least 4 members (excludes halogenated alkanes) is 6. The molecule has 130 valence electrons. The number of rotatable bonds is 14. The van der Waals surface area contributed by atoms with Gasteiger partial charge in [0.05, 0.1) is 24.6 Å². The average Bonchev–Trinajstić information content (AvgIpc) is 2.44. The van der Waals surface area contributed by atoms with Crippen molar-refractivity contribution in [3.63, 3.8) is 0 Å². The minimum absolute atomic E-state index is 0.145. The third kappa shape index (κ3) is 12.8. The molecule has 0 unspecified atom stereocenters. The van der Waals surface area contributed by atoms with Gasteiger partial charge in [-0.05, 0) is 6.42 Å². The summed E-state index contributed by atoms with van der Waals surface area (Å²) >= 11 is 0. The van der Waals surface area contributed by atoms with E-state index < -0.39 is 29.5 Å². The Kier molecular flexibility index (Phi) is 8.41. The third-order valence-corrected chi connectivity index (χ3v) is 3.38. The number of quaternary nitrogens is 1. The number of Topliss-reactive ketones (excluding diaryl/α,β-unsaturated/α-hetero) is 1. The van der Waals surface area contributed by atoms with Crippen LogP contribution in [0.1, 0.15) is 68.8 Å². The summed E-state index contributed by atoms with van der Waals surface area (Å²) in [6.07, 6.45) is 4.04. The molecule has 5 heteroatoms. The van der Waals surface area contributed by atoms with E-state index in [9.17, 15) is 14.7 Å². The Bertz CT molecular complexity index is 440. The van der Waals surface area contributed by atoms with E-state index in [1.807, 2.05) is 0 Å². The molecular weight excluding hydrogens is 282 g/mol. The highest BCUT2D eigenvalue weighted by atomic mass is 16.4. The second kappa shape index (κ2) is 11.6. The van der Waals surface area contributed by atoms with E-state index >= 15 is 0 Å². The molecule has 0 saturated heterocycles. The van der Waals surface area contributed by atoms with Gasteiger partial charge in [0.1, 0.15) is 19.1 Å². The minimum Gasteiger partial charge on any atom is -0.481 e. The van der Waals surface area contributed by atoms with E-state index in [1.54, 1.807) is 0 Å². The van der Waals surface area contributed by atoms with Gasteiger partial charge in [0.25, 0.3) is 0 Å². The maximum Gasteiger partial charge on any atom is 0.306 e. The van der Waals surface area contributed by atoms with E-state index in [-0.39, 0.29) is 12.3 Å². The molecule has 0 radical (unpaired) electrons. The van der Waals surface area contributed by atoms with Gasteiger partial charge in [0, 0.05) is 6.42 Å². The zero-order valence-electron chi connectivity index (χ0n) is 17.2. The van der Waals surface area contributed by atoms with Crippen molar-refractivity contribution in [1.82, 2.24) is 0 Å². The number of carbonyl (C=O) groups excluding carboxylic acids is 1. The first-order valence-corrected chi connectivity index (χ1v) is 8.16. The van der Waals surface area contributed by atoms with Gasteiger partial charge in [-0.2, -0.15) is 0 Å². The van der Waals surface area contributed by atoms with Crippen LogP contribution in [0.2, 0.25) is 0 Å². The van der Waals surface area contributed by atoms with Gasteiger partial charge in [-0.15, -0.1) is 0 Å². The summed E-state index contributed by atoms with van der Waals surface area (Å²) in [5, 5.41) is 18.7. The van der Waals surface area contributed by atoms with Crippen LogP contribution in [0.3, 0.4) is 0 Å². The lowest BCUT2D eigenvalue weighted by Gasteiger charge is -2.30. The molecule has 0 bridgehead atoms. The molecule has 0 heterocycles. The number of nitrogens with zero attached hydrogens (tertiary/aromatic N) is 1. The lowest BCUT2D eigenvalue weighted by Crippen LogP contribution is -2.48. The number of hydrogen-bond acceptors (Lipinski definition) is 3. The van der Waals surface area contributed by atoms with Gasteiger partial charge in [-0.25, -0.2) is 0 Å². The van der Waals surface area contributed by atoms with Gasteiger partial charge in [-0.3, -0.25) is 9.59 Å². The lowest BCUT2D eigenvalue weighted by molar-refractivity contribution is -0.885. The SMILES string of the molecule is [2H]C([2H])([C@]([2H])(O)CC(=O)O)[N+](C)(C)CC(=O)CCCCCCCCC. The maximum atomic E-state index is 12.1. The molecule has 0 aliphatic heterocycles. The Morgan fingerprint density at radius 1 is 1.14 bits per heavy atom. The van der Waals surface area contributed by atoms with Crippen molar-refractivity contribution in [2.24, 2.45) is 0 Å². The normalized spacial score (nSPS) is 17.2. The number of hydrogen-bond donors (Lipinski definition) is 2. The Labute approximate surface area is 139 Å². The van der Waals surface area contributed by atoms with Crippen LogP contribution in [0.25, 0.3) is 0 Å². The van der Waals surface area contributed by atoms with Crippen LogP contribution in [0.4, 0.5) is 0 Å². The molecule has 0 aliphatic carbocycles. The molecule has 0 spiro atoms. The topological polar surface area (TPSA) is 74.6 Å². The summed E-state index contributed by atoms with van der Waals surface area (Å²) < 4.78 is 23.1. The number of ketones is 1. The number of aliphatic carboxylic acids is 1. The fourth-order valence-electron chi connectivity index (χ4n) is 2.37. The predicted molar refractivity (Wildman–Crippen MR) is 87.7 cm³/mol. The molecular formula is C17H34NO4+. The molecule has 22 heavy (non-hydrogen) atoms. The van der Waals surface area contributed by atoms with Gasteiger partial charge in [0.15, 0.2) is 5.78 Å². The first-order valence-electron chi connectivity index (χ1n) is 9.66. The van der Waals surface area contributed by atoms with Gasteiger partial charge < -0.3 is 14.7 Å². The highest BCUT2D eigenvalue weighted by Gasteiger charge is 2.24.